The average molecular weight is 407 g/mol. The van der Waals surface area contributed by atoms with Crippen LogP contribution in [-0.2, 0) is 30.7 Å². The van der Waals surface area contributed by atoms with Crippen LogP contribution in [0.5, 0.6) is 0 Å². The minimum atomic E-state index is 0.0250. The molecule has 0 spiro atoms. The molecule has 3 aromatic rings. The maximum absolute atomic E-state index is 12.2. The lowest BCUT2D eigenvalue weighted by Crippen LogP contribution is -2.24. The summed E-state index contributed by atoms with van der Waals surface area (Å²) in [6.45, 7) is 3.73. The normalized spacial score (nSPS) is 16.8. The summed E-state index contributed by atoms with van der Waals surface area (Å²) < 4.78 is 0. The van der Waals surface area contributed by atoms with Crippen molar-refractivity contribution in [1.82, 2.24) is 20.2 Å². The van der Waals surface area contributed by atoms with Crippen molar-refractivity contribution in [3.05, 3.63) is 82.1 Å². The second-order valence-electron chi connectivity index (χ2n) is 7.61. The van der Waals surface area contributed by atoms with Gasteiger partial charge in [-0.3, -0.25) is 14.7 Å². The van der Waals surface area contributed by atoms with Crippen molar-refractivity contribution < 1.29 is 4.79 Å². The van der Waals surface area contributed by atoms with E-state index in [2.05, 4.69) is 44.5 Å². The maximum atomic E-state index is 12.2. The standard InChI is InChI=1S/C23H26N4OS/c28-22(26-15-21-3-1-2-9-24-21)14-19-6-4-18(5-7-19)13-20-8-11-27(16-20)17-23-25-10-12-29-23/h1-7,9-10,12,20H,8,11,13-17H2,(H,26,28). The van der Waals surface area contributed by atoms with E-state index in [9.17, 15) is 4.79 Å². The molecule has 1 saturated heterocycles. The predicted molar refractivity (Wildman–Crippen MR) is 115 cm³/mol. The monoisotopic (exact) mass is 406 g/mol. The molecule has 1 unspecified atom stereocenters. The molecule has 1 aliphatic rings. The molecular formula is C23H26N4OS. The van der Waals surface area contributed by atoms with E-state index in [0.29, 0.717) is 18.9 Å². The van der Waals surface area contributed by atoms with Gasteiger partial charge in [0.1, 0.15) is 5.01 Å². The third-order valence-electron chi connectivity index (χ3n) is 5.32. The van der Waals surface area contributed by atoms with Crippen molar-refractivity contribution in [3.8, 4) is 0 Å². The van der Waals surface area contributed by atoms with E-state index >= 15 is 0 Å². The van der Waals surface area contributed by atoms with Crippen molar-refractivity contribution in [2.45, 2.75) is 32.4 Å². The summed E-state index contributed by atoms with van der Waals surface area (Å²) in [4.78, 5) is 23.3. The summed E-state index contributed by atoms with van der Waals surface area (Å²) >= 11 is 1.73. The minimum absolute atomic E-state index is 0.0250. The van der Waals surface area contributed by atoms with Gasteiger partial charge in [0.25, 0.3) is 0 Å². The van der Waals surface area contributed by atoms with Crippen LogP contribution in [0.3, 0.4) is 0 Å². The van der Waals surface area contributed by atoms with Crippen molar-refractivity contribution in [1.29, 1.82) is 0 Å². The average Bonchev–Trinajstić information content (AvgIpc) is 3.41. The number of thiazole rings is 1. The first-order valence-electron chi connectivity index (χ1n) is 10.1. The molecule has 1 aliphatic heterocycles. The molecule has 1 aromatic carbocycles. The second-order valence-corrected chi connectivity index (χ2v) is 8.59. The number of rotatable bonds is 8. The van der Waals surface area contributed by atoms with E-state index in [4.69, 9.17) is 0 Å². The lowest BCUT2D eigenvalue weighted by Gasteiger charge is -2.14. The molecule has 1 amide bonds. The highest BCUT2D eigenvalue weighted by atomic mass is 32.1. The van der Waals surface area contributed by atoms with E-state index in [1.807, 2.05) is 29.8 Å². The molecule has 0 aliphatic carbocycles. The summed E-state index contributed by atoms with van der Waals surface area (Å²) in [6.07, 6.45) is 6.36. The molecule has 1 N–H and O–H groups in total. The summed E-state index contributed by atoms with van der Waals surface area (Å²) in [6, 6.07) is 14.2. The lowest BCUT2D eigenvalue weighted by molar-refractivity contribution is -0.120. The predicted octanol–water partition coefficient (Wildman–Crippen LogP) is 3.46. The Hall–Kier alpha value is -2.57. The maximum Gasteiger partial charge on any atom is 0.224 e. The topological polar surface area (TPSA) is 58.1 Å². The first kappa shape index (κ1) is 19.7. The zero-order valence-electron chi connectivity index (χ0n) is 16.5. The number of benzene rings is 1. The van der Waals surface area contributed by atoms with Gasteiger partial charge in [-0.25, -0.2) is 4.98 Å². The fourth-order valence-corrected chi connectivity index (χ4v) is 4.47. The first-order valence-corrected chi connectivity index (χ1v) is 11.0. The van der Waals surface area contributed by atoms with E-state index in [1.165, 1.54) is 17.0 Å². The Balaban J connectivity index is 1.21. The number of nitrogens with zero attached hydrogens (tertiary/aromatic N) is 3. The van der Waals surface area contributed by atoms with Crippen LogP contribution < -0.4 is 5.32 Å². The zero-order chi connectivity index (χ0) is 19.9. The molecule has 0 bridgehead atoms. The number of hydrogen-bond acceptors (Lipinski definition) is 5. The molecule has 1 atom stereocenters. The summed E-state index contributed by atoms with van der Waals surface area (Å²) in [5, 5.41) is 6.18. The Bertz CT molecular complexity index is 896. The van der Waals surface area contributed by atoms with E-state index in [0.717, 1.165) is 37.3 Å². The first-order chi connectivity index (χ1) is 14.2. The summed E-state index contributed by atoms with van der Waals surface area (Å²) in [5.74, 6) is 0.722. The van der Waals surface area contributed by atoms with Gasteiger partial charge < -0.3 is 5.32 Å². The summed E-state index contributed by atoms with van der Waals surface area (Å²) in [7, 11) is 0. The van der Waals surface area contributed by atoms with Gasteiger partial charge in [0.05, 0.1) is 25.2 Å². The molecule has 3 heterocycles. The molecule has 5 nitrogen and oxygen atoms in total. The van der Waals surface area contributed by atoms with Crippen molar-refractivity contribution in [3.63, 3.8) is 0 Å². The fourth-order valence-electron chi connectivity index (χ4n) is 3.81. The fraction of sp³-hybridized carbons (Fsp3) is 0.348. The third kappa shape index (κ3) is 5.95. The number of carbonyl (C=O) groups is 1. The van der Waals surface area contributed by atoms with E-state index in [1.54, 1.807) is 17.5 Å². The highest BCUT2D eigenvalue weighted by Crippen LogP contribution is 2.23. The van der Waals surface area contributed by atoms with Crippen molar-refractivity contribution >= 4 is 17.2 Å². The van der Waals surface area contributed by atoms with Crippen LogP contribution >= 0.6 is 11.3 Å². The van der Waals surface area contributed by atoms with Gasteiger partial charge in [0.2, 0.25) is 5.91 Å². The van der Waals surface area contributed by atoms with E-state index in [-0.39, 0.29) is 5.91 Å². The molecule has 6 heteroatoms. The Morgan fingerprint density at radius 3 is 2.72 bits per heavy atom. The van der Waals surface area contributed by atoms with E-state index < -0.39 is 0 Å². The Labute approximate surface area is 175 Å². The number of pyridine rings is 1. The van der Waals surface area contributed by atoms with Crippen LogP contribution in [0.15, 0.2) is 60.2 Å². The molecular weight excluding hydrogens is 380 g/mol. The molecule has 0 radical (unpaired) electrons. The third-order valence-corrected chi connectivity index (χ3v) is 6.08. The zero-order valence-corrected chi connectivity index (χ0v) is 17.3. The van der Waals surface area contributed by atoms with Crippen LogP contribution in [-0.4, -0.2) is 33.9 Å². The van der Waals surface area contributed by atoms with Gasteiger partial charge >= 0.3 is 0 Å². The number of aromatic nitrogens is 2. The SMILES string of the molecule is O=C(Cc1ccc(CC2CCN(Cc3nccs3)C2)cc1)NCc1ccccn1. The van der Waals surface area contributed by atoms with Crippen molar-refractivity contribution in [2.75, 3.05) is 13.1 Å². The second kappa shape index (κ2) is 9.76. The number of hydrogen-bond donors (Lipinski definition) is 1. The van der Waals surface area contributed by atoms with Gasteiger partial charge in [-0.15, -0.1) is 11.3 Å². The lowest BCUT2D eigenvalue weighted by atomic mass is 9.97. The molecule has 150 valence electrons. The van der Waals surface area contributed by atoms with Gasteiger partial charge in [0, 0.05) is 24.3 Å². The largest absolute Gasteiger partial charge is 0.350 e. The number of amides is 1. The molecule has 2 aromatic heterocycles. The quantitative estimate of drug-likeness (QED) is 0.622. The van der Waals surface area contributed by atoms with Crippen molar-refractivity contribution in [2.24, 2.45) is 5.92 Å². The number of nitrogens with one attached hydrogen (secondary N) is 1. The molecule has 29 heavy (non-hydrogen) atoms. The van der Waals surface area contributed by atoms with Gasteiger partial charge in [-0.05, 0) is 48.6 Å². The van der Waals surface area contributed by atoms with Crippen LogP contribution in [0.2, 0.25) is 0 Å². The highest BCUT2D eigenvalue weighted by molar-refractivity contribution is 7.09. The van der Waals surface area contributed by atoms with Crippen LogP contribution in [0.1, 0.15) is 28.2 Å². The minimum Gasteiger partial charge on any atom is -0.350 e. The Kier molecular flexibility index (Phi) is 6.64. The summed E-state index contributed by atoms with van der Waals surface area (Å²) in [5.41, 5.74) is 3.27. The number of carbonyl (C=O) groups excluding carboxylic acids is 1. The Morgan fingerprint density at radius 2 is 1.97 bits per heavy atom. The van der Waals surface area contributed by atoms with Crippen LogP contribution in [0.25, 0.3) is 0 Å². The molecule has 1 fully saturated rings. The molecule has 0 saturated carbocycles. The van der Waals surface area contributed by atoms with Crippen LogP contribution in [0.4, 0.5) is 0 Å². The van der Waals surface area contributed by atoms with Crippen LogP contribution in [0, 0.1) is 5.92 Å². The molecule has 4 rings (SSSR count). The van der Waals surface area contributed by atoms with Gasteiger partial charge in [-0.1, -0.05) is 30.3 Å². The highest BCUT2D eigenvalue weighted by Gasteiger charge is 2.23. The number of likely N-dealkylation sites (tertiary alicyclic amines) is 1. The Morgan fingerprint density at radius 1 is 1.10 bits per heavy atom. The smallest absolute Gasteiger partial charge is 0.224 e. The van der Waals surface area contributed by atoms with Gasteiger partial charge in [0.15, 0.2) is 0 Å². The van der Waals surface area contributed by atoms with Gasteiger partial charge in [-0.2, -0.15) is 0 Å².